The van der Waals surface area contributed by atoms with Gasteiger partial charge >= 0.3 is 5.97 Å². The fourth-order valence-corrected chi connectivity index (χ4v) is 6.29. The third-order valence-corrected chi connectivity index (χ3v) is 8.86. The summed E-state index contributed by atoms with van der Waals surface area (Å²) in [5, 5.41) is 18.8. The van der Waals surface area contributed by atoms with Gasteiger partial charge in [0, 0.05) is 30.1 Å². The van der Waals surface area contributed by atoms with E-state index >= 15 is 0 Å². The first-order chi connectivity index (χ1) is 18.8. The molecule has 0 aliphatic carbocycles. The minimum Gasteiger partial charge on any atom is -0.480 e. The average Bonchev–Trinajstić information content (AvgIpc) is 2.88. The van der Waals surface area contributed by atoms with Crippen molar-refractivity contribution in [1.29, 1.82) is 0 Å². The Balaban J connectivity index is 4.96. The molecule has 2 unspecified atom stereocenters. The number of nitrogens with two attached hydrogens (primary N) is 1. The summed E-state index contributed by atoms with van der Waals surface area (Å²) in [4.78, 5) is 72.2. The Labute approximate surface area is 247 Å². The minimum atomic E-state index is -1.17. The van der Waals surface area contributed by atoms with E-state index in [0.29, 0.717) is 5.75 Å². The number of rotatable bonds is 21. The quantitative estimate of drug-likeness (QED) is 0.0470. The fourth-order valence-electron chi connectivity index (χ4n) is 2.99. The number of carbonyl (C=O) groups is 6. The molecule has 0 aromatic rings. The molecule has 0 heterocycles. The second-order valence-corrected chi connectivity index (χ2v) is 12.8. The maximum absolute atomic E-state index is 12.9. The van der Waals surface area contributed by atoms with Crippen LogP contribution < -0.4 is 27.0 Å². The number of allylic oxidation sites excluding steroid dienone is 2. The summed E-state index contributed by atoms with van der Waals surface area (Å²) >= 11 is 0.984. The van der Waals surface area contributed by atoms with Crippen molar-refractivity contribution < 1.29 is 33.9 Å². The maximum Gasteiger partial charge on any atom is 0.318 e. The monoisotopic (exact) mass is 619 g/mol. The smallest absolute Gasteiger partial charge is 0.318 e. The molecule has 0 fully saturated rings. The second kappa shape index (κ2) is 21.1. The number of carboxylic acid groups (broad SMARTS) is 1. The van der Waals surface area contributed by atoms with Gasteiger partial charge in [0.25, 0.3) is 5.91 Å². The number of carbonyl (C=O) groups excluding carboxylic acids is 5. The molecule has 0 saturated heterocycles. The summed E-state index contributed by atoms with van der Waals surface area (Å²) in [6, 6.07) is -1.72. The van der Waals surface area contributed by atoms with Gasteiger partial charge in [-0.1, -0.05) is 47.6 Å². The van der Waals surface area contributed by atoms with Gasteiger partial charge in [-0.15, -0.1) is 18.3 Å². The molecule has 7 N–H and O–H groups in total. The van der Waals surface area contributed by atoms with Crippen molar-refractivity contribution in [1.82, 2.24) is 21.3 Å². The zero-order valence-electron chi connectivity index (χ0n) is 23.3. The van der Waals surface area contributed by atoms with E-state index in [4.69, 9.17) is 5.73 Å². The predicted octanol–water partition coefficient (Wildman–Crippen LogP) is 1.18. The van der Waals surface area contributed by atoms with Crippen LogP contribution in [0.1, 0.15) is 47.0 Å². The molecule has 0 aromatic heterocycles. The van der Waals surface area contributed by atoms with Crippen LogP contribution in [0.2, 0.25) is 0 Å². The summed E-state index contributed by atoms with van der Waals surface area (Å²) in [7, 11) is 3.20. The van der Waals surface area contributed by atoms with Crippen molar-refractivity contribution in [2.45, 2.75) is 64.3 Å². The lowest BCUT2D eigenvalue weighted by molar-refractivity contribution is -0.137. The highest BCUT2D eigenvalue weighted by atomic mass is 33.1. The Morgan fingerprint density at radius 1 is 0.950 bits per heavy atom. The van der Waals surface area contributed by atoms with Crippen molar-refractivity contribution in [3.8, 4) is 0 Å². The fraction of sp³-hybridized carbons (Fsp3) is 0.600. The summed E-state index contributed by atoms with van der Waals surface area (Å²) < 4.78 is 0. The molecule has 0 aliphatic heterocycles. The average molecular weight is 620 g/mol. The Morgan fingerprint density at radius 3 is 2.12 bits per heavy atom. The molecule has 0 aromatic carbocycles. The molecule has 15 heteroatoms. The van der Waals surface area contributed by atoms with Gasteiger partial charge in [0.15, 0.2) is 0 Å². The van der Waals surface area contributed by atoms with Gasteiger partial charge < -0.3 is 32.1 Å². The van der Waals surface area contributed by atoms with Crippen molar-refractivity contribution in [3.05, 3.63) is 24.4 Å². The maximum atomic E-state index is 12.9. The van der Waals surface area contributed by atoms with Gasteiger partial charge in [0.05, 0.1) is 12.6 Å². The van der Waals surface area contributed by atoms with Gasteiger partial charge in [-0.05, 0) is 26.2 Å². The number of hydrogen-bond acceptors (Lipinski definition) is 9. The SMILES string of the molecule is C=CCCSSCCC(=O)N/C(=C\C)C(=O)NC(C(C)C)C(SCCC(=O)N[C@@H](C)C(=O)NCC(N)=O)C(=O)O. The number of amides is 5. The van der Waals surface area contributed by atoms with E-state index in [-0.39, 0.29) is 42.7 Å². The Kier molecular flexibility index (Phi) is 19.7. The van der Waals surface area contributed by atoms with Crippen LogP contribution in [0.3, 0.4) is 0 Å². The molecule has 0 saturated carbocycles. The van der Waals surface area contributed by atoms with Gasteiger partial charge in [0.2, 0.25) is 23.6 Å². The molecule has 226 valence electrons. The van der Waals surface area contributed by atoms with E-state index in [2.05, 4.69) is 27.8 Å². The molecule has 3 atom stereocenters. The van der Waals surface area contributed by atoms with Crippen LogP contribution in [0.25, 0.3) is 0 Å². The van der Waals surface area contributed by atoms with Crippen LogP contribution in [0.5, 0.6) is 0 Å². The molecule has 0 bridgehead atoms. The molecule has 0 aliphatic rings. The number of primary amides is 1. The summed E-state index contributed by atoms with van der Waals surface area (Å²) in [6.45, 7) is 9.85. The van der Waals surface area contributed by atoms with Crippen LogP contribution in [-0.2, 0) is 28.8 Å². The van der Waals surface area contributed by atoms with Crippen LogP contribution in [0.4, 0.5) is 0 Å². The first-order valence-electron chi connectivity index (χ1n) is 12.7. The van der Waals surface area contributed by atoms with E-state index in [0.717, 1.165) is 23.9 Å². The summed E-state index contributed by atoms with van der Waals surface area (Å²) in [6.07, 6.45) is 4.28. The normalized spacial score (nSPS) is 13.5. The van der Waals surface area contributed by atoms with E-state index in [9.17, 15) is 33.9 Å². The van der Waals surface area contributed by atoms with Crippen LogP contribution in [0.15, 0.2) is 24.4 Å². The molecule has 5 amide bonds. The van der Waals surface area contributed by atoms with Crippen LogP contribution >= 0.6 is 33.3 Å². The number of carboxylic acids is 1. The first-order valence-corrected chi connectivity index (χ1v) is 16.2. The number of thioether (sulfide) groups is 1. The lowest BCUT2D eigenvalue weighted by Gasteiger charge is -2.28. The highest BCUT2D eigenvalue weighted by Crippen LogP contribution is 2.23. The number of aliphatic carboxylic acids is 1. The van der Waals surface area contributed by atoms with Crippen molar-refractivity contribution in [2.75, 3.05) is 23.8 Å². The molecule has 12 nitrogen and oxygen atoms in total. The van der Waals surface area contributed by atoms with Crippen LogP contribution in [-0.4, -0.2) is 81.7 Å². The highest BCUT2D eigenvalue weighted by molar-refractivity contribution is 8.76. The van der Waals surface area contributed by atoms with Gasteiger partial charge in [-0.3, -0.25) is 28.8 Å². The van der Waals surface area contributed by atoms with Crippen molar-refractivity contribution >= 4 is 68.9 Å². The van der Waals surface area contributed by atoms with Gasteiger partial charge in [-0.2, -0.15) is 0 Å². The third kappa shape index (κ3) is 16.5. The molecule has 0 rings (SSSR count). The zero-order valence-corrected chi connectivity index (χ0v) is 25.8. The van der Waals surface area contributed by atoms with E-state index in [1.54, 1.807) is 42.4 Å². The molecule has 0 radical (unpaired) electrons. The lowest BCUT2D eigenvalue weighted by atomic mass is 10.00. The molecule has 40 heavy (non-hydrogen) atoms. The molecular weight excluding hydrogens is 579 g/mol. The topological polar surface area (TPSA) is 197 Å². The minimum absolute atomic E-state index is 0.0251. The van der Waals surface area contributed by atoms with E-state index < -0.39 is 46.9 Å². The Bertz CT molecular complexity index is 930. The number of hydrogen-bond donors (Lipinski definition) is 6. The Morgan fingerprint density at radius 2 is 1.57 bits per heavy atom. The lowest BCUT2D eigenvalue weighted by Crippen LogP contribution is -2.50. The standard InChI is InChI=1S/C25H41N5O7S3/c1-6-8-11-39-40-13-10-20(33)29-17(7-2)24(35)30-21(15(3)4)22(25(36)37)38-12-9-19(32)28-16(5)23(34)27-14-18(26)31/h6-7,15-16,21-22H,1,8-14H2,2-5H3,(H2,26,31)(H,27,34)(H,28,32)(H,29,33)(H,30,35)(H,36,37)/b17-7-/t16-,21?,22?/m0/s1. The zero-order chi connectivity index (χ0) is 30.7. The largest absolute Gasteiger partial charge is 0.480 e. The first kappa shape index (κ1) is 37.4. The van der Waals surface area contributed by atoms with E-state index in [1.807, 2.05) is 6.08 Å². The molecule has 0 spiro atoms. The predicted molar refractivity (Wildman–Crippen MR) is 161 cm³/mol. The van der Waals surface area contributed by atoms with Crippen molar-refractivity contribution in [2.24, 2.45) is 11.7 Å². The third-order valence-electron chi connectivity index (χ3n) is 5.13. The van der Waals surface area contributed by atoms with Crippen molar-refractivity contribution in [3.63, 3.8) is 0 Å². The summed E-state index contributed by atoms with van der Waals surface area (Å²) in [5.74, 6) is -2.59. The molecular formula is C25H41N5O7S3. The summed E-state index contributed by atoms with van der Waals surface area (Å²) in [5.41, 5.74) is 5.00. The number of nitrogens with one attached hydrogen (secondary N) is 4. The Hall–Kier alpha value is -2.65. The highest BCUT2D eigenvalue weighted by Gasteiger charge is 2.33. The van der Waals surface area contributed by atoms with Crippen LogP contribution in [0, 0.1) is 5.92 Å². The van der Waals surface area contributed by atoms with Gasteiger partial charge in [0.1, 0.15) is 17.0 Å². The van der Waals surface area contributed by atoms with E-state index in [1.165, 1.54) is 13.0 Å². The van der Waals surface area contributed by atoms with Gasteiger partial charge in [-0.25, -0.2) is 0 Å². The second-order valence-electron chi connectivity index (χ2n) is 8.82.